The molecule has 1 aliphatic rings. The molecule has 1 fully saturated rings. The molecule has 0 aliphatic heterocycles. The predicted molar refractivity (Wildman–Crippen MR) is 50.0 cm³/mol. The van der Waals surface area contributed by atoms with Crippen molar-refractivity contribution in [2.45, 2.75) is 18.3 Å². The van der Waals surface area contributed by atoms with Crippen molar-refractivity contribution in [3.63, 3.8) is 0 Å². The average molecular weight is 215 g/mol. The second-order valence-corrected chi connectivity index (χ2v) is 3.92. The zero-order valence-electron chi connectivity index (χ0n) is 7.26. The first-order valence-corrected chi connectivity index (χ1v) is 4.63. The van der Waals surface area contributed by atoms with Gasteiger partial charge in [0, 0.05) is 5.02 Å². The van der Waals surface area contributed by atoms with Gasteiger partial charge in [-0.15, -0.1) is 0 Å². The van der Waals surface area contributed by atoms with Crippen LogP contribution in [0.15, 0.2) is 18.2 Å². The highest BCUT2D eigenvalue weighted by Crippen LogP contribution is 2.50. The molecular weight excluding hydrogens is 207 g/mol. The van der Waals surface area contributed by atoms with E-state index in [1.165, 1.54) is 12.1 Å². The van der Waals surface area contributed by atoms with Crippen LogP contribution < -0.4 is 0 Å². The largest absolute Gasteiger partial charge is 0.481 e. The van der Waals surface area contributed by atoms with Crippen LogP contribution in [0.2, 0.25) is 5.02 Å². The number of carboxylic acids is 1. The molecule has 0 bridgehead atoms. The Morgan fingerprint density at radius 2 is 2.14 bits per heavy atom. The second-order valence-electron chi connectivity index (χ2n) is 3.51. The minimum atomic E-state index is -0.883. The van der Waals surface area contributed by atoms with Gasteiger partial charge in [0.05, 0.1) is 5.41 Å². The summed E-state index contributed by atoms with van der Waals surface area (Å²) in [5.74, 6) is -1.33. The van der Waals surface area contributed by atoms with Crippen LogP contribution in [-0.2, 0) is 10.2 Å². The number of benzene rings is 1. The van der Waals surface area contributed by atoms with Gasteiger partial charge in [-0.25, -0.2) is 4.39 Å². The molecule has 1 saturated carbocycles. The number of aliphatic carboxylic acids is 1. The minimum Gasteiger partial charge on any atom is -0.481 e. The van der Waals surface area contributed by atoms with Crippen LogP contribution in [0.5, 0.6) is 0 Å². The van der Waals surface area contributed by atoms with E-state index in [0.717, 1.165) is 6.07 Å². The summed E-state index contributed by atoms with van der Waals surface area (Å²) in [4.78, 5) is 11.0. The smallest absolute Gasteiger partial charge is 0.314 e. The van der Waals surface area contributed by atoms with Crippen molar-refractivity contribution < 1.29 is 14.3 Å². The molecule has 1 aromatic carbocycles. The van der Waals surface area contributed by atoms with Gasteiger partial charge in [-0.3, -0.25) is 4.79 Å². The number of carboxylic acid groups (broad SMARTS) is 1. The molecule has 1 aromatic rings. The Hall–Kier alpha value is -1.09. The van der Waals surface area contributed by atoms with E-state index in [2.05, 4.69) is 0 Å². The molecule has 74 valence electrons. The molecule has 0 atom stereocenters. The fourth-order valence-corrected chi connectivity index (χ4v) is 1.95. The van der Waals surface area contributed by atoms with Crippen molar-refractivity contribution in [2.24, 2.45) is 0 Å². The summed E-state index contributed by atoms with van der Waals surface area (Å²) >= 11 is 5.79. The van der Waals surface area contributed by atoms with Crippen LogP contribution in [0.3, 0.4) is 0 Å². The summed E-state index contributed by atoms with van der Waals surface area (Å²) in [7, 11) is 0. The molecule has 4 heteroatoms. The van der Waals surface area contributed by atoms with Gasteiger partial charge < -0.3 is 5.11 Å². The lowest BCUT2D eigenvalue weighted by molar-refractivity contribution is -0.140. The fourth-order valence-electron chi connectivity index (χ4n) is 1.60. The van der Waals surface area contributed by atoms with E-state index in [9.17, 15) is 9.18 Å². The van der Waals surface area contributed by atoms with Gasteiger partial charge in [0.2, 0.25) is 0 Å². The molecule has 0 saturated heterocycles. The molecule has 0 radical (unpaired) electrons. The molecule has 2 nitrogen and oxygen atoms in total. The Labute approximate surface area is 85.3 Å². The van der Waals surface area contributed by atoms with Crippen molar-refractivity contribution in [2.75, 3.05) is 0 Å². The molecule has 0 unspecified atom stereocenters. The highest BCUT2D eigenvalue weighted by Gasteiger charge is 2.52. The highest BCUT2D eigenvalue weighted by molar-refractivity contribution is 6.31. The zero-order valence-corrected chi connectivity index (χ0v) is 8.01. The van der Waals surface area contributed by atoms with Gasteiger partial charge >= 0.3 is 5.97 Å². The Bertz CT molecular complexity index is 399. The first-order chi connectivity index (χ1) is 6.56. The third-order valence-electron chi connectivity index (χ3n) is 2.61. The van der Waals surface area contributed by atoms with Gasteiger partial charge in [0.1, 0.15) is 5.82 Å². The Morgan fingerprint density at radius 1 is 1.50 bits per heavy atom. The van der Waals surface area contributed by atoms with E-state index in [1.54, 1.807) is 0 Å². The number of carbonyl (C=O) groups is 1. The van der Waals surface area contributed by atoms with Crippen LogP contribution in [0.4, 0.5) is 4.39 Å². The SMILES string of the molecule is O=C(O)C1(c2ccc(F)cc2Cl)CC1. The van der Waals surface area contributed by atoms with E-state index in [0.29, 0.717) is 18.4 Å². The zero-order chi connectivity index (χ0) is 10.3. The minimum absolute atomic E-state index is 0.199. The van der Waals surface area contributed by atoms with Crippen molar-refractivity contribution in [3.8, 4) is 0 Å². The molecule has 1 N–H and O–H groups in total. The quantitative estimate of drug-likeness (QED) is 0.822. The highest BCUT2D eigenvalue weighted by atomic mass is 35.5. The molecule has 0 spiro atoms. The third kappa shape index (κ3) is 1.28. The predicted octanol–water partition coefficient (Wildman–Crippen LogP) is 2.60. The normalized spacial score (nSPS) is 17.9. The summed E-state index contributed by atoms with van der Waals surface area (Å²) in [5.41, 5.74) is -0.335. The topological polar surface area (TPSA) is 37.3 Å². The molecular formula is C10H8ClFO2. The van der Waals surface area contributed by atoms with Crippen molar-refractivity contribution in [1.82, 2.24) is 0 Å². The van der Waals surface area contributed by atoms with Crippen LogP contribution in [-0.4, -0.2) is 11.1 Å². The maximum Gasteiger partial charge on any atom is 0.314 e. The number of hydrogen-bond donors (Lipinski definition) is 1. The summed E-state index contributed by atoms with van der Waals surface area (Å²) in [6, 6.07) is 3.85. The maximum absolute atomic E-state index is 12.7. The first kappa shape index (κ1) is 9.46. The van der Waals surface area contributed by atoms with Gasteiger partial charge in [0.15, 0.2) is 0 Å². The van der Waals surface area contributed by atoms with E-state index in [4.69, 9.17) is 16.7 Å². The van der Waals surface area contributed by atoms with Crippen LogP contribution >= 0.6 is 11.6 Å². The standard InChI is InChI=1S/C10H8ClFO2/c11-8-5-6(12)1-2-7(8)10(3-4-10)9(13)14/h1-2,5H,3-4H2,(H,13,14). The molecule has 0 aromatic heterocycles. The van der Waals surface area contributed by atoms with Gasteiger partial charge in [-0.05, 0) is 30.5 Å². The first-order valence-electron chi connectivity index (χ1n) is 4.25. The maximum atomic E-state index is 12.7. The number of hydrogen-bond acceptors (Lipinski definition) is 1. The van der Waals surface area contributed by atoms with Crippen molar-refractivity contribution in [1.29, 1.82) is 0 Å². The number of halogens is 2. The Morgan fingerprint density at radius 3 is 2.57 bits per heavy atom. The lowest BCUT2D eigenvalue weighted by atomic mass is 9.96. The van der Waals surface area contributed by atoms with Crippen LogP contribution in [0, 0.1) is 5.82 Å². The summed E-state index contributed by atoms with van der Waals surface area (Å²) in [6.45, 7) is 0. The van der Waals surface area contributed by atoms with E-state index in [1.807, 2.05) is 0 Å². The molecule has 1 aliphatic carbocycles. The van der Waals surface area contributed by atoms with Gasteiger partial charge in [-0.1, -0.05) is 17.7 Å². The monoisotopic (exact) mass is 214 g/mol. The van der Waals surface area contributed by atoms with E-state index in [-0.39, 0.29) is 5.02 Å². The Kier molecular flexibility index (Phi) is 2.00. The average Bonchev–Trinajstić information content (AvgIpc) is 2.84. The molecule has 0 heterocycles. The van der Waals surface area contributed by atoms with Crippen molar-refractivity contribution in [3.05, 3.63) is 34.6 Å². The fraction of sp³-hybridized carbons (Fsp3) is 0.300. The van der Waals surface area contributed by atoms with E-state index < -0.39 is 17.2 Å². The lowest BCUT2D eigenvalue weighted by Crippen LogP contribution is -2.19. The lowest BCUT2D eigenvalue weighted by Gasteiger charge is -2.11. The van der Waals surface area contributed by atoms with Crippen LogP contribution in [0.1, 0.15) is 18.4 Å². The molecule has 2 rings (SSSR count). The number of rotatable bonds is 2. The van der Waals surface area contributed by atoms with Gasteiger partial charge in [0.25, 0.3) is 0 Å². The third-order valence-corrected chi connectivity index (χ3v) is 2.92. The Balaban J connectivity index is 2.47. The summed E-state index contributed by atoms with van der Waals surface area (Å²) in [5, 5.41) is 9.20. The van der Waals surface area contributed by atoms with Crippen molar-refractivity contribution >= 4 is 17.6 Å². The summed E-state index contributed by atoms with van der Waals surface area (Å²) in [6.07, 6.45) is 1.15. The van der Waals surface area contributed by atoms with E-state index >= 15 is 0 Å². The van der Waals surface area contributed by atoms with Gasteiger partial charge in [-0.2, -0.15) is 0 Å². The van der Waals surface area contributed by atoms with Crippen LogP contribution in [0.25, 0.3) is 0 Å². The summed E-state index contributed by atoms with van der Waals surface area (Å²) < 4.78 is 12.7. The molecule has 14 heavy (non-hydrogen) atoms. The molecule has 0 amide bonds. The second kappa shape index (κ2) is 2.95.